The SMILES string of the molecule is Cc1ccc(Oc2cc3c(=O)n4c5ccccc5[nH]c4c4cc(Oc5ccc(C)cc5)c5c6c(Oc7ccc(C)cc7)cc7c8c(cc(Oc9ccc(C)cc9)c(c2c5c34)c68)c(=O)n2c3ccccc3[nH]c72)cc1. The van der Waals surface area contributed by atoms with Crippen LogP contribution in [-0.4, -0.2) is 18.8 Å². The summed E-state index contributed by atoms with van der Waals surface area (Å²) in [5, 5.41) is 7.83. The van der Waals surface area contributed by atoms with Crippen LogP contribution >= 0.6 is 0 Å². The molecule has 4 heterocycles. The number of aryl methyl sites for hydroxylation is 4. The second kappa shape index (κ2) is 15.4. The van der Waals surface area contributed by atoms with Gasteiger partial charge in [-0.3, -0.25) is 18.4 Å². The fraction of sp³-hybridized carbons (Fsp3) is 0.0625. The number of imidazole rings is 2. The Morgan fingerprint density at radius 3 is 0.919 bits per heavy atom. The van der Waals surface area contributed by atoms with Gasteiger partial charge in [0.2, 0.25) is 0 Å². The van der Waals surface area contributed by atoms with Crippen molar-refractivity contribution in [1.82, 2.24) is 18.8 Å². The van der Waals surface area contributed by atoms with Gasteiger partial charge in [0, 0.05) is 53.9 Å². The van der Waals surface area contributed by atoms with Crippen LogP contribution in [0.15, 0.2) is 179 Å². The van der Waals surface area contributed by atoms with Gasteiger partial charge in [0.1, 0.15) is 57.3 Å². The first-order valence-corrected chi connectivity index (χ1v) is 24.6. The maximum absolute atomic E-state index is 15.6. The van der Waals surface area contributed by atoms with Gasteiger partial charge >= 0.3 is 0 Å². The summed E-state index contributed by atoms with van der Waals surface area (Å²) >= 11 is 0. The van der Waals surface area contributed by atoms with E-state index in [1.54, 1.807) is 8.80 Å². The van der Waals surface area contributed by atoms with Crippen molar-refractivity contribution in [3.63, 3.8) is 0 Å². The predicted molar refractivity (Wildman–Crippen MR) is 297 cm³/mol. The Bertz CT molecular complexity index is 4620. The highest BCUT2D eigenvalue weighted by Gasteiger charge is 2.32. The van der Waals surface area contributed by atoms with E-state index in [4.69, 9.17) is 18.9 Å². The Balaban J connectivity index is 1.24. The number of nitrogens with zero attached hydrogens (tertiary/aromatic N) is 2. The maximum Gasteiger partial charge on any atom is 0.264 e. The lowest BCUT2D eigenvalue weighted by Gasteiger charge is -2.25. The van der Waals surface area contributed by atoms with Crippen molar-refractivity contribution in [3.05, 3.63) is 213 Å². The summed E-state index contributed by atoms with van der Waals surface area (Å²) in [7, 11) is 0. The largest absolute Gasteiger partial charge is 0.457 e. The molecule has 0 radical (unpaired) electrons. The summed E-state index contributed by atoms with van der Waals surface area (Å²) in [6.45, 7) is 8.16. The number of hydrogen-bond donors (Lipinski definition) is 2. The molecule has 15 aromatic rings. The quantitative estimate of drug-likeness (QED) is 0.116. The first-order chi connectivity index (χ1) is 36.1. The minimum absolute atomic E-state index is 0.222. The number of aromatic nitrogens is 4. The number of nitrogens with one attached hydrogen (secondary N) is 2. The average molecular weight is 963 g/mol. The third-order valence-corrected chi connectivity index (χ3v) is 14.8. The first-order valence-electron chi connectivity index (χ1n) is 24.6. The standard InChI is InChI=1S/C64H42N4O6/c1-33-13-21-37(22-14-33)71-49-29-41-53-43(63(69)67-47-11-7-5-9-45(47)65-61(41)67)31-51(73-39-25-17-35(3)18-26-39)57-58-52(74-40-27-19-36(4)20-28-40)32-44-54-42(62-66-46-10-6-8-12-48(46)68(62)64(44)70)30-50(56(60(54)58)55(49)59(53)57)72-38-23-15-34(2)16-24-38/h5-32,65-66H,1-4H3. The number of benzene rings is 11. The lowest BCUT2D eigenvalue weighted by molar-refractivity contribution is 0.483. The monoisotopic (exact) mass is 962 g/mol. The molecule has 354 valence electrons. The van der Waals surface area contributed by atoms with Crippen LogP contribution in [0.1, 0.15) is 22.3 Å². The molecule has 15 rings (SSSR count). The van der Waals surface area contributed by atoms with Crippen LogP contribution < -0.4 is 30.1 Å². The van der Waals surface area contributed by atoms with Crippen molar-refractivity contribution in [1.29, 1.82) is 0 Å². The number of pyridine rings is 2. The number of hydrogen-bond acceptors (Lipinski definition) is 6. The summed E-state index contributed by atoms with van der Waals surface area (Å²) in [5.74, 6) is 4.19. The predicted octanol–water partition coefficient (Wildman–Crippen LogP) is 16.1. The van der Waals surface area contributed by atoms with Gasteiger partial charge in [-0.25, -0.2) is 0 Å². The van der Waals surface area contributed by atoms with Crippen molar-refractivity contribution < 1.29 is 18.9 Å². The van der Waals surface area contributed by atoms with Crippen LogP contribution in [0.5, 0.6) is 46.0 Å². The molecule has 0 amide bonds. The van der Waals surface area contributed by atoms with E-state index in [0.717, 1.165) is 55.1 Å². The van der Waals surface area contributed by atoms with Gasteiger partial charge in [-0.05, 0) is 125 Å². The zero-order chi connectivity index (χ0) is 49.7. The number of para-hydroxylation sites is 4. The van der Waals surface area contributed by atoms with Crippen molar-refractivity contribution >= 4 is 98.0 Å². The minimum atomic E-state index is -0.222. The lowest BCUT2D eigenvalue weighted by atomic mass is 9.84. The van der Waals surface area contributed by atoms with Crippen LogP contribution in [0.4, 0.5) is 0 Å². The Labute approximate surface area is 420 Å². The summed E-state index contributed by atoms with van der Waals surface area (Å²) < 4.78 is 32.4. The lowest BCUT2D eigenvalue weighted by Crippen LogP contribution is -2.15. The Kier molecular flexibility index (Phi) is 8.70. The number of fused-ring (bicyclic) bond motifs is 10. The smallest absolute Gasteiger partial charge is 0.264 e. The fourth-order valence-corrected chi connectivity index (χ4v) is 11.3. The molecule has 11 aromatic carbocycles. The van der Waals surface area contributed by atoms with Crippen LogP contribution in [0.25, 0.3) is 98.0 Å². The molecule has 0 unspecified atom stereocenters. The van der Waals surface area contributed by atoms with Crippen LogP contribution in [0.2, 0.25) is 0 Å². The molecule has 4 aromatic heterocycles. The molecule has 0 aliphatic rings. The Hall–Kier alpha value is -9.80. The minimum Gasteiger partial charge on any atom is -0.457 e. The van der Waals surface area contributed by atoms with E-state index in [0.29, 0.717) is 111 Å². The van der Waals surface area contributed by atoms with E-state index in [1.165, 1.54) is 0 Å². The summed E-state index contributed by atoms with van der Waals surface area (Å²) in [4.78, 5) is 38.4. The van der Waals surface area contributed by atoms with E-state index in [1.807, 2.05) is 198 Å². The molecule has 0 atom stereocenters. The maximum atomic E-state index is 15.6. The van der Waals surface area contributed by atoms with Crippen LogP contribution in [0.3, 0.4) is 0 Å². The molecule has 0 bridgehead atoms. The molecule has 0 spiro atoms. The average Bonchev–Trinajstić information content (AvgIpc) is 4.04. The molecule has 0 saturated carbocycles. The number of ether oxygens (including phenoxy) is 4. The third-order valence-electron chi connectivity index (χ3n) is 14.8. The zero-order valence-electron chi connectivity index (χ0n) is 40.5. The molecule has 0 aliphatic carbocycles. The molecule has 74 heavy (non-hydrogen) atoms. The highest BCUT2D eigenvalue weighted by atomic mass is 16.5. The topological polar surface area (TPSA) is 111 Å². The highest BCUT2D eigenvalue weighted by Crippen LogP contribution is 2.57. The molecule has 0 aliphatic heterocycles. The summed E-state index contributed by atoms with van der Waals surface area (Å²) in [6.07, 6.45) is 0. The first kappa shape index (κ1) is 41.9. The second-order valence-electron chi connectivity index (χ2n) is 19.6. The third kappa shape index (κ3) is 6.05. The number of H-pyrrole nitrogens is 2. The van der Waals surface area contributed by atoms with Gasteiger partial charge < -0.3 is 28.9 Å². The summed E-state index contributed by atoms with van der Waals surface area (Å²) in [5.41, 5.74) is 8.15. The van der Waals surface area contributed by atoms with E-state index in [9.17, 15) is 0 Å². The zero-order valence-corrected chi connectivity index (χ0v) is 40.5. The van der Waals surface area contributed by atoms with E-state index in [-0.39, 0.29) is 11.1 Å². The molecular formula is C64H42N4O6. The second-order valence-corrected chi connectivity index (χ2v) is 19.6. The van der Waals surface area contributed by atoms with Gasteiger partial charge in [-0.2, -0.15) is 0 Å². The van der Waals surface area contributed by atoms with Crippen LogP contribution in [-0.2, 0) is 0 Å². The van der Waals surface area contributed by atoms with Crippen LogP contribution in [0, 0.1) is 27.7 Å². The fourth-order valence-electron chi connectivity index (χ4n) is 11.3. The molecule has 0 saturated heterocycles. The van der Waals surface area contributed by atoms with E-state index < -0.39 is 0 Å². The molecule has 0 fully saturated rings. The van der Waals surface area contributed by atoms with Gasteiger partial charge in [0.15, 0.2) is 0 Å². The van der Waals surface area contributed by atoms with Gasteiger partial charge in [-0.1, -0.05) is 95.1 Å². The van der Waals surface area contributed by atoms with Gasteiger partial charge in [0.05, 0.1) is 32.8 Å². The normalized spacial score (nSPS) is 12.2. The molecule has 10 nitrogen and oxygen atoms in total. The highest BCUT2D eigenvalue weighted by molar-refractivity contribution is 6.44. The van der Waals surface area contributed by atoms with Crippen molar-refractivity contribution in [3.8, 4) is 46.0 Å². The van der Waals surface area contributed by atoms with E-state index in [2.05, 4.69) is 9.97 Å². The van der Waals surface area contributed by atoms with Crippen molar-refractivity contribution in [2.24, 2.45) is 0 Å². The van der Waals surface area contributed by atoms with Crippen molar-refractivity contribution in [2.45, 2.75) is 27.7 Å². The number of rotatable bonds is 8. The molecule has 2 N–H and O–H groups in total. The van der Waals surface area contributed by atoms with Crippen molar-refractivity contribution in [2.75, 3.05) is 0 Å². The molecular weight excluding hydrogens is 921 g/mol. The Morgan fingerprint density at radius 2 is 0.608 bits per heavy atom. The Morgan fingerprint density at radius 1 is 0.324 bits per heavy atom. The molecule has 10 heteroatoms. The van der Waals surface area contributed by atoms with Gasteiger partial charge in [0.25, 0.3) is 11.1 Å². The van der Waals surface area contributed by atoms with E-state index >= 15 is 9.59 Å². The summed E-state index contributed by atoms with van der Waals surface area (Å²) in [6, 6.07) is 55.2. The van der Waals surface area contributed by atoms with Gasteiger partial charge in [-0.15, -0.1) is 0 Å². The number of aromatic amines is 2.